The summed E-state index contributed by atoms with van der Waals surface area (Å²) in [6, 6.07) is 15.6. The summed E-state index contributed by atoms with van der Waals surface area (Å²) in [6.07, 6.45) is 0. The molecule has 0 radical (unpaired) electrons. The Hall–Kier alpha value is -2.06. The third-order valence-corrected chi connectivity index (χ3v) is 3.74. The number of hydrogen-bond donors (Lipinski definition) is 1. The molecule has 20 heavy (non-hydrogen) atoms. The lowest BCUT2D eigenvalue weighted by molar-refractivity contribution is -0.114. The molecule has 3 rings (SSSR count). The third-order valence-electron chi connectivity index (χ3n) is 3.49. The van der Waals surface area contributed by atoms with Crippen LogP contribution < -0.4 is 5.32 Å². The highest BCUT2D eigenvalue weighted by Gasteiger charge is 2.24. The van der Waals surface area contributed by atoms with E-state index in [1.807, 2.05) is 55.5 Å². The largest absolute Gasteiger partial charge is 0.348 e. The van der Waals surface area contributed by atoms with Crippen LogP contribution in [0.15, 0.2) is 48.5 Å². The van der Waals surface area contributed by atoms with Gasteiger partial charge in [0.15, 0.2) is 0 Å². The van der Waals surface area contributed by atoms with E-state index in [9.17, 15) is 4.79 Å². The van der Waals surface area contributed by atoms with Gasteiger partial charge in [-0.3, -0.25) is 4.79 Å². The minimum atomic E-state index is -0.0150. The molecule has 2 aromatic carbocycles. The minimum Gasteiger partial charge on any atom is -0.348 e. The smallest absolute Gasteiger partial charge is 0.252 e. The molecule has 0 fully saturated rings. The van der Waals surface area contributed by atoms with Gasteiger partial charge in [-0.05, 0) is 35.8 Å². The highest BCUT2D eigenvalue weighted by Crippen LogP contribution is 2.30. The van der Waals surface area contributed by atoms with Gasteiger partial charge in [-0.25, -0.2) is 0 Å². The fraction of sp³-hybridized carbons (Fsp3) is 0.118. The van der Waals surface area contributed by atoms with Gasteiger partial charge in [0.1, 0.15) is 0 Å². The Bertz CT molecular complexity index is 684. The topological polar surface area (TPSA) is 29.1 Å². The SMILES string of the molecule is Cc1ccc(C2=C(c3ccc(Cl)cc3)CNC2=O)cc1. The molecule has 2 aromatic rings. The number of rotatable bonds is 2. The summed E-state index contributed by atoms with van der Waals surface area (Å²) in [6.45, 7) is 2.59. The molecule has 1 amide bonds. The minimum absolute atomic E-state index is 0.0150. The van der Waals surface area contributed by atoms with E-state index in [2.05, 4.69) is 5.32 Å². The van der Waals surface area contributed by atoms with E-state index in [0.717, 1.165) is 22.3 Å². The zero-order valence-electron chi connectivity index (χ0n) is 11.1. The second-order valence-electron chi connectivity index (χ2n) is 4.91. The monoisotopic (exact) mass is 283 g/mol. The maximum Gasteiger partial charge on any atom is 0.252 e. The van der Waals surface area contributed by atoms with Gasteiger partial charge in [-0.2, -0.15) is 0 Å². The van der Waals surface area contributed by atoms with E-state index in [-0.39, 0.29) is 5.91 Å². The third kappa shape index (κ3) is 2.35. The Labute approximate surface area is 123 Å². The first kappa shape index (κ1) is 12.9. The molecule has 1 aliphatic heterocycles. The average molecular weight is 284 g/mol. The second kappa shape index (κ2) is 5.14. The van der Waals surface area contributed by atoms with E-state index in [4.69, 9.17) is 11.6 Å². The zero-order chi connectivity index (χ0) is 14.1. The van der Waals surface area contributed by atoms with Crippen molar-refractivity contribution in [1.82, 2.24) is 5.32 Å². The molecule has 0 spiro atoms. The summed E-state index contributed by atoms with van der Waals surface area (Å²) in [4.78, 5) is 12.1. The Morgan fingerprint density at radius 1 is 0.950 bits per heavy atom. The summed E-state index contributed by atoms with van der Waals surface area (Å²) in [5.74, 6) is -0.0150. The lowest BCUT2D eigenvalue weighted by Gasteiger charge is -2.06. The normalized spacial score (nSPS) is 14.6. The summed E-state index contributed by atoms with van der Waals surface area (Å²) < 4.78 is 0. The van der Waals surface area contributed by atoms with Crippen molar-refractivity contribution < 1.29 is 4.79 Å². The van der Waals surface area contributed by atoms with Crippen molar-refractivity contribution in [3.8, 4) is 0 Å². The van der Waals surface area contributed by atoms with E-state index in [1.165, 1.54) is 5.56 Å². The molecule has 0 saturated heterocycles. The number of nitrogens with one attached hydrogen (secondary N) is 1. The van der Waals surface area contributed by atoms with Crippen LogP contribution in [0.2, 0.25) is 5.02 Å². The number of carbonyl (C=O) groups is 1. The summed E-state index contributed by atoms with van der Waals surface area (Å²) in [5.41, 5.74) is 4.95. The van der Waals surface area contributed by atoms with Gasteiger partial charge in [-0.1, -0.05) is 53.6 Å². The second-order valence-corrected chi connectivity index (χ2v) is 5.35. The Kier molecular flexibility index (Phi) is 3.33. The van der Waals surface area contributed by atoms with Crippen molar-refractivity contribution in [3.05, 3.63) is 70.2 Å². The van der Waals surface area contributed by atoms with Crippen LogP contribution in [0.4, 0.5) is 0 Å². The van der Waals surface area contributed by atoms with Crippen molar-refractivity contribution in [1.29, 1.82) is 0 Å². The maximum atomic E-state index is 12.1. The van der Waals surface area contributed by atoms with Gasteiger partial charge in [-0.15, -0.1) is 0 Å². The predicted molar refractivity (Wildman–Crippen MR) is 82.5 cm³/mol. The number of carbonyl (C=O) groups excluding carboxylic acids is 1. The summed E-state index contributed by atoms with van der Waals surface area (Å²) >= 11 is 5.92. The number of aryl methyl sites for hydroxylation is 1. The van der Waals surface area contributed by atoms with Crippen molar-refractivity contribution in [2.75, 3.05) is 6.54 Å². The number of hydrogen-bond acceptors (Lipinski definition) is 1. The van der Waals surface area contributed by atoms with Crippen LogP contribution in [-0.4, -0.2) is 12.5 Å². The van der Waals surface area contributed by atoms with Gasteiger partial charge in [0.2, 0.25) is 0 Å². The number of benzene rings is 2. The molecule has 0 atom stereocenters. The van der Waals surface area contributed by atoms with Gasteiger partial charge in [0.05, 0.1) is 5.57 Å². The van der Waals surface area contributed by atoms with Crippen molar-refractivity contribution in [3.63, 3.8) is 0 Å². The van der Waals surface area contributed by atoms with Gasteiger partial charge in [0.25, 0.3) is 5.91 Å². The van der Waals surface area contributed by atoms with Crippen LogP contribution in [-0.2, 0) is 4.79 Å². The number of amides is 1. The lowest BCUT2D eigenvalue weighted by atomic mass is 9.96. The van der Waals surface area contributed by atoms with Crippen molar-refractivity contribution in [2.24, 2.45) is 0 Å². The fourth-order valence-corrected chi connectivity index (χ4v) is 2.53. The molecule has 0 saturated carbocycles. The molecule has 1 aliphatic rings. The maximum absolute atomic E-state index is 12.1. The van der Waals surface area contributed by atoms with E-state index < -0.39 is 0 Å². The van der Waals surface area contributed by atoms with Crippen LogP contribution in [0.5, 0.6) is 0 Å². The highest BCUT2D eigenvalue weighted by molar-refractivity contribution is 6.31. The molecule has 2 nitrogen and oxygen atoms in total. The molecule has 0 bridgehead atoms. The standard InChI is InChI=1S/C17H14ClNO/c1-11-2-4-13(5-3-11)16-15(10-19-17(16)20)12-6-8-14(18)9-7-12/h2-9H,10H2,1H3,(H,19,20). The first-order chi connectivity index (χ1) is 9.65. The predicted octanol–water partition coefficient (Wildman–Crippen LogP) is 3.69. The lowest BCUT2D eigenvalue weighted by Crippen LogP contribution is -2.16. The zero-order valence-corrected chi connectivity index (χ0v) is 11.9. The Morgan fingerprint density at radius 3 is 2.20 bits per heavy atom. The molecule has 1 N–H and O–H groups in total. The molecular weight excluding hydrogens is 270 g/mol. The van der Waals surface area contributed by atoms with Crippen LogP contribution in [0.3, 0.4) is 0 Å². The Morgan fingerprint density at radius 2 is 1.55 bits per heavy atom. The molecule has 0 aliphatic carbocycles. The van der Waals surface area contributed by atoms with Gasteiger partial charge >= 0.3 is 0 Å². The first-order valence-corrected chi connectivity index (χ1v) is 6.87. The quantitative estimate of drug-likeness (QED) is 0.895. The van der Waals surface area contributed by atoms with E-state index in [0.29, 0.717) is 11.6 Å². The number of halogens is 1. The molecule has 1 heterocycles. The summed E-state index contributed by atoms with van der Waals surface area (Å²) in [5, 5.41) is 3.60. The molecule has 0 aromatic heterocycles. The first-order valence-electron chi connectivity index (χ1n) is 6.49. The summed E-state index contributed by atoms with van der Waals surface area (Å²) in [7, 11) is 0. The fourth-order valence-electron chi connectivity index (χ4n) is 2.41. The molecular formula is C17H14ClNO. The van der Waals surface area contributed by atoms with Crippen LogP contribution in [0.25, 0.3) is 11.1 Å². The molecule has 100 valence electrons. The Balaban J connectivity index is 2.12. The van der Waals surface area contributed by atoms with Crippen LogP contribution in [0.1, 0.15) is 16.7 Å². The van der Waals surface area contributed by atoms with Gasteiger partial charge < -0.3 is 5.32 Å². The molecule has 0 unspecified atom stereocenters. The van der Waals surface area contributed by atoms with Crippen molar-refractivity contribution >= 4 is 28.7 Å². The van der Waals surface area contributed by atoms with Crippen LogP contribution in [0, 0.1) is 6.92 Å². The highest BCUT2D eigenvalue weighted by atomic mass is 35.5. The average Bonchev–Trinajstić information content (AvgIpc) is 2.83. The van der Waals surface area contributed by atoms with E-state index in [1.54, 1.807) is 0 Å². The van der Waals surface area contributed by atoms with E-state index >= 15 is 0 Å². The van der Waals surface area contributed by atoms with Gasteiger partial charge in [0, 0.05) is 11.6 Å². The van der Waals surface area contributed by atoms with Crippen LogP contribution >= 0.6 is 11.6 Å². The molecule has 3 heteroatoms. The van der Waals surface area contributed by atoms with Crippen molar-refractivity contribution in [2.45, 2.75) is 6.92 Å².